The highest BCUT2D eigenvalue weighted by atomic mass is 35.5. The smallest absolute Gasteiger partial charge is 0.310 e. The summed E-state index contributed by atoms with van der Waals surface area (Å²) in [4.78, 5) is 16.4. The van der Waals surface area contributed by atoms with Gasteiger partial charge in [0.2, 0.25) is 0 Å². The number of ether oxygens (including phenoxy) is 1. The van der Waals surface area contributed by atoms with Crippen LogP contribution in [0.4, 0.5) is 0 Å². The molecule has 0 saturated heterocycles. The standard InChI is InChI=1S/C12H9Cl2NO2S/c1-17-11(16)5-10-12(15-6-18-10)7-2-3-8(13)9(14)4-7/h2-4,6H,5H2,1H3. The fraction of sp³-hybridized carbons (Fsp3) is 0.167. The number of methoxy groups -OCH3 is 1. The van der Waals surface area contributed by atoms with Gasteiger partial charge >= 0.3 is 5.97 Å². The number of thiazole rings is 1. The van der Waals surface area contributed by atoms with Crippen molar-refractivity contribution in [2.24, 2.45) is 0 Å². The molecule has 0 amide bonds. The lowest BCUT2D eigenvalue weighted by Gasteiger charge is -2.03. The average Bonchev–Trinajstić information content (AvgIpc) is 2.80. The van der Waals surface area contributed by atoms with Gasteiger partial charge < -0.3 is 4.74 Å². The van der Waals surface area contributed by atoms with E-state index in [1.54, 1.807) is 17.6 Å². The fourth-order valence-corrected chi connectivity index (χ4v) is 2.54. The summed E-state index contributed by atoms with van der Waals surface area (Å²) in [6.07, 6.45) is 0.205. The number of carbonyl (C=O) groups excluding carboxylic acids is 1. The molecule has 0 saturated carbocycles. The lowest BCUT2D eigenvalue weighted by Crippen LogP contribution is -2.04. The molecule has 2 rings (SSSR count). The minimum absolute atomic E-state index is 0.205. The Morgan fingerprint density at radius 1 is 1.39 bits per heavy atom. The number of rotatable bonds is 3. The zero-order chi connectivity index (χ0) is 13.1. The molecule has 6 heteroatoms. The van der Waals surface area contributed by atoms with E-state index in [2.05, 4.69) is 9.72 Å². The van der Waals surface area contributed by atoms with Gasteiger partial charge in [-0.05, 0) is 12.1 Å². The van der Waals surface area contributed by atoms with Crippen LogP contribution < -0.4 is 0 Å². The number of halogens is 2. The van der Waals surface area contributed by atoms with E-state index < -0.39 is 0 Å². The Bertz CT molecular complexity index is 583. The number of hydrogen-bond acceptors (Lipinski definition) is 4. The molecule has 1 aromatic carbocycles. The molecule has 1 heterocycles. The third-order valence-electron chi connectivity index (χ3n) is 2.37. The summed E-state index contributed by atoms with van der Waals surface area (Å²) in [6.45, 7) is 0. The molecule has 18 heavy (non-hydrogen) atoms. The highest BCUT2D eigenvalue weighted by Crippen LogP contribution is 2.31. The Hall–Kier alpha value is -1.10. The van der Waals surface area contributed by atoms with Crippen molar-refractivity contribution in [3.63, 3.8) is 0 Å². The van der Waals surface area contributed by atoms with Crippen molar-refractivity contribution in [3.05, 3.63) is 38.6 Å². The van der Waals surface area contributed by atoms with Gasteiger partial charge in [-0.2, -0.15) is 0 Å². The maximum atomic E-state index is 11.3. The second-order valence-corrected chi connectivity index (χ2v) is 5.26. The number of benzene rings is 1. The van der Waals surface area contributed by atoms with Crippen molar-refractivity contribution in [1.82, 2.24) is 4.98 Å². The second kappa shape index (κ2) is 5.69. The van der Waals surface area contributed by atoms with Crippen molar-refractivity contribution in [2.75, 3.05) is 7.11 Å². The third kappa shape index (κ3) is 2.83. The third-order valence-corrected chi connectivity index (χ3v) is 3.94. The monoisotopic (exact) mass is 301 g/mol. The molecule has 0 bridgehead atoms. The molecule has 0 N–H and O–H groups in total. The minimum Gasteiger partial charge on any atom is -0.469 e. The highest BCUT2D eigenvalue weighted by molar-refractivity contribution is 7.10. The number of carbonyl (C=O) groups is 1. The van der Waals surface area contributed by atoms with E-state index >= 15 is 0 Å². The van der Waals surface area contributed by atoms with Crippen LogP contribution in [0.25, 0.3) is 11.3 Å². The lowest BCUT2D eigenvalue weighted by molar-refractivity contribution is -0.139. The van der Waals surface area contributed by atoms with Crippen molar-refractivity contribution < 1.29 is 9.53 Å². The van der Waals surface area contributed by atoms with Crippen LogP contribution in [-0.4, -0.2) is 18.1 Å². The van der Waals surface area contributed by atoms with Crippen LogP contribution >= 0.6 is 34.5 Å². The molecule has 0 aliphatic heterocycles. The Morgan fingerprint density at radius 3 is 2.83 bits per heavy atom. The predicted molar refractivity (Wildman–Crippen MR) is 73.3 cm³/mol. The molecule has 2 aromatic rings. The summed E-state index contributed by atoms with van der Waals surface area (Å²) in [5.41, 5.74) is 3.27. The van der Waals surface area contributed by atoms with Crippen molar-refractivity contribution in [2.45, 2.75) is 6.42 Å². The van der Waals surface area contributed by atoms with Gasteiger partial charge in [0.05, 0.1) is 34.8 Å². The number of nitrogens with zero attached hydrogens (tertiary/aromatic N) is 1. The molecule has 0 aliphatic rings. The van der Waals surface area contributed by atoms with Gasteiger partial charge in [-0.1, -0.05) is 29.3 Å². The van der Waals surface area contributed by atoms with Crippen LogP contribution in [0.2, 0.25) is 10.0 Å². The largest absolute Gasteiger partial charge is 0.469 e. The summed E-state index contributed by atoms with van der Waals surface area (Å²) >= 11 is 13.2. The van der Waals surface area contributed by atoms with Crippen LogP contribution in [0.1, 0.15) is 4.88 Å². The van der Waals surface area contributed by atoms with E-state index in [1.165, 1.54) is 18.4 Å². The van der Waals surface area contributed by atoms with Gasteiger partial charge in [-0.25, -0.2) is 4.98 Å². The van der Waals surface area contributed by atoms with Gasteiger partial charge in [0, 0.05) is 10.4 Å². The van der Waals surface area contributed by atoms with E-state index in [4.69, 9.17) is 23.2 Å². The molecule has 0 atom stereocenters. The number of esters is 1. The molecule has 0 radical (unpaired) electrons. The van der Waals surface area contributed by atoms with Crippen LogP contribution in [0.15, 0.2) is 23.7 Å². The SMILES string of the molecule is COC(=O)Cc1scnc1-c1ccc(Cl)c(Cl)c1. The Kier molecular flexibility index (Phi) is 4.22. The van der Waals surface area contributed by atoms with Crippen molar-refractivity contribution >= 4 is 40.5 Å². The van der Waals surface area contributed by atoms with Gasteiger partial charge in [-0.3, -0.25) is 4.79 Å². The van der Waals surface area contributed by atoms with Gasteiger partial charge in [0.15, 0.2) is 0 Å². The molecule has 0 unspecified atom stereocenters. The van der Waals surface area contributed by atoms with E-state index in [1.807, 2.05) is 6.07 Å². The van der Waals surface area contributed by atoms with Crippen LogP contribution in [0.5, 0.6) is 0 Å². The first-order valence-electron chi connectivity index (χ1n) is 5.06. The van der Waals surface area contributed by atoms with Crippen molar-refractivity contribution in [3.8, 4) is 11.3 Å². The maximum absolute atomic E-state index is 11.3. The summed E-state index contributed by atoms with van der Waals surface area (Å²) in [7, 11) is 1.36. The molecule has 0 aliphatic carbocycles. The number of aromatic nitrogens is 1. The summed E-state index contributed by atoms with van der Waals surface area (Å²) in [6, 6.07) is 5.27. The summed E-state index contributed by atoms with van der Waals surface area (Å²) in [5, 5.41) is 0.955. The molecule has 0 fully saturated rings. The summed E-state index contributed by atoms with van der Waals surface area (Å²) in [5.74, 6) is -0.291. The van der Waals surface area contributed by atoms with Gasteiger partial charge in [0.25, 0.3) is 0 Å². The Labute approximate surface area is 118 Å². The average molecular weight is 302 g/mol. The van der Waals surface area contributed by atoms with E-state index in [0.29, 0.717) is 10.0 Å². The zero-order valence-electron chi connectivity index (χ0n) is 9.44. The Balaban J connectivity index is 2.36. The normalized spacial score (nSPS) is 10.4. The first-order chi connectivity index (χ1) is 8.61. The molecule has 94 valence electrons. The molecule has 3 nitrogen and oxygen atoms in total. The quantitative estimate of drug-likeness (QED) is 0.809. The Morgan fingerprint density at radius 2 is 2.17 bits per heavy atom. The van der Waals surface area contributed by atoms with Gasteiger partial charge in [0.1, 0.15) is 0 Å². The maximum Gasteiger partial charge on any atom is 0.310 e. The first kappa shape index (κ1) is 13.3. The first-order valence-corrected chi connectivity index (χ1v) is 6.70. The van der Waals surface area contributed by atoms with Crippen molar-refractivity contribution in [1.29, 1.82) is 0 Å². The fourth-order valence-electron chi connectivity index (χ4n) is 1.48. The minimum atomic E-state index is -0.291. The lowest BCUT2D eigenvalue weighted by atomic mass is 10.1. The second-order valence-electron chi connectivity index (χ2n) is 3.51. The highest BCUT2D eigenvalue weighted by Gasteiger charge is 2.13. The van der Waals surface area contributed by atoms with Gasteiger partial charge in [-0.15, -0.1) is 11.3 Å². The van der Waals surface area contributed by atoms with E-state index in [0.717, 1.165) is 16.1 Å². The zero-order valence-corrected chi connectivity index (χ0v) is 11.8. The van der Waals surface area contributed by atoms with Crippen LogP contribution in [0, 0.1) is 0 Å². The molecule has 0 spiro atoms. The van der Waals surface area contributed by atoms with E-state index in [9.17, 15) is 4.79 Å². The number of hydrogen-bond donors (Lipinski definition) is 0. The van der Waals surface area contributed by atoms with E-state index in [-0.39, 0.29) is 12.4 Å². The molecule has 1 aromatic heterocycles. The van der Waals surface area contributed by atoms with Crippen LogP contribution in [0.3, 0.4) is 0 Å². The molecular formula is C12H9Cl2NO2S. The predicted octanol–water partition coefficient (Wildman–Crippen LogP) is 3.83. The van der Waals surface area contributed by atoms with Crippen LogP contribution in [-0.2, 0) is 16.0 Å². The molecular weight excluding hydrogens is 293 g/mol. The topological polar surface area (TPSA) is 39.2 Å². The summed E-state index contributed by atoms with van der Waals surface area (Å²) < 4.78 is 4.65.